The number of nitrogens with one attached hydrogen (secondary N) is 1. The molecule has 0 amide bonds. The van der Waals surface area contributed by atoms with Crippen molar-refractivity contribution < 1.29 is 4.79 Å². The van der Waals surface area contributed by atoms with Gasteiger partial charge in [-0.15, -0.1) is 0 Å². The van der Waals surface area contributed by atoms with Crippen molar-refractivity contribution in [3.63, 3.8) is 0 Å². The van der Waals surface area contributed by atoms with Crippen LogP contribution in [0, 0.1) is 5.41 Å². The Hall–Kier alpha value is -1.09. The van der Waals surface area contributed by atoms with Crippen LogP contribution in [0.1, 0.15) is 26.7 Å². The number of rotatable bonds is 2. The highest BCUT2D eigenvalue weighted by molar-refractivity contribution is 9.10. The minimum Gasteiger partial charge on any atom is -0.359 e. The van der Waals surface area contributed by atoms with Crippen LogP contribution in [0.2, 0.25) is 0 Å². The van der Waals surface area contributed by atoms with E-state index in [4.69, 9.17) is 0 Å². The number of allylic oxidation sites excluding steroid dienone is 2. The number of carbonyl (C=O) groups excluding carboxylic acids is 1. The molecule has 2 nitrogen and oxygen atoms in total. The maximum Gasteiger partial charge on any atom is 0.157 e. The SMILES string of the molecule is CC1(C)CC(=O)C=C(Nc2cccc(Br)c2)C1. The minimum atomic E-state index is 0.0557. The fourth-order valence-electron chi connectivity index (χ4n) is 2.18. The molecule has 0 radical (unpaired) electrons. The van der Waals surface area contributed by atoms with Gasteiger partial charge in [0.1, 0.15) is 0 Å². The molecule has 90 valence electrons. The lowest BCUT2D eigenvalue weighted by molar-refractivity contribution is -0.117. The maximum atomic E-state index is 11.6. The first kappa shape index (κ1) is 12.4. The van der Waals surface area contributed by atoms with Crippen molar-refractivity contribution in [2.24, 2.45) is 5.41 Å². The molecule has 1 N–H and O–H groups in total. The average molecular weight is 294 g/mol. The van der Waals surface area contributed by atoms with Crippen LogP contribution < -0.4 is 5.32 Å². The molecule has 17 heavy (non-hydrogen) atoms. The molecule has 0 fully saturated rings. The molecule has 1 aromatic carbocycles. The molecule has 1 aliphatic rings. The van der Waals surface area contributed by atoms with Gasteiger partial charge in [0, 0.05) is 28.4 Å². The normalized spacial score (nSPS) is 18.8. The van der Waals surface area contributed by atoms with E-state index in [2.05, 4.69) is 35.1 Å². The summed E-state index contributed by atoms with van der Waals surface area (Å²) < 4.78 is 1.03. The van der Waals surface area contributed by atoms with E-state index in [1.807, 2.05) is 24.3 Å². The Labute approximate surface area is 110 Å². The Morgan fingerprint density at radius 2 is 2.06 bits per heavy atom. The first-order valence-electron chi connectivity index (χ1n) is 5.71. The number of carbonyl (C=O) groups is 1. The van der Waals surface area contributed by atoms with Gasteiger partial charge < -0.3 is 5.32 Å². The zero-order valence-corrected chi connectivity index (χ0v) is 11.7. The Balaban J connectivity index is 2.16. The fourth-order valence-corrected chi connectivity index (χ4v) is 2.58. The van der Waals surface area contributed by atoms with Crippen LogP contribution >= 0.6 is 15.9 Å². The van der Waals surface area contributed by atoms with Crippen molar-refractivity contribution in [2.75, 3.05) is 5.32 Å². The minimum absolute atomic E-state index is 0.0557. The molecule has 0 saturated carbocycles. The monoisotopic (exact) mass is 293 g/mol. The summed E-state index contributed by atoms with van der Waals surface area (Å²) in [7, 11) is 0. The molecule has 0 atom stereocenters. The van der Waals surface area contributed by atoms with Gasteiger partial charge in [0.05, 0.1) is 0 Å². The first-order valence-corrected chi connectivity index (χ1v) is 6.50. The van der Waals surface area contributed by atoms with E-state index in [1.165, 1.54) is 0 Å². The van der Waals surface area contributed by atoms with Gasteiger partial charge in [-0.25, -0.2) is 0 Å². The number of hydrogen-bond acceptors (Lipinski definition) is 2. The summed E-state index contributed by atoms with van der Waals surface area (Å²) >= 11 is 3.43. The van der Waals surface area contributed by atoms with Crippen LogP contribution in [0.3, 0.4) is 0 Å². The van der Waals surface area contributed by atoms with Crippen LogP contribution in [-0.2, 0) is 4.79 Å². The first-order chi connectivity index (χ1) is 7.94. The summed E-state index contributed by atoms with van der Waals surface area (Å²) in [5, 5.41) is 3.32. The highest BCUT2D eigenvalue weighted by Gasteiger charge is 2.27. The predicted molar refractivity (Wildman–Crippen MR) is 73.9 cm³/mol. The van der Waals surface area contributed by atoms with E-state index >= 15 is 0 Å². The second-order valence-electron chi connectivity index (χ2n) is 5.29. The summed E-state index contributed by atoms with van der Waals surface area (Å²) in [5.74, 6) is 0.207. The summed E-state index contributed by atoms with van der Waals surface area (Å²) in [6, 6.07) is 7.96. The van der Waals surface area contributed by atoms with Gasteiger partial charge in [-0.1, -0.05) is 35.8 Å². The summed E-state index contributed by atoms with van der Waals surface area (Å²) in [4.78, 5) is 11.6. The quantitative estimate of drug-likeness (QED) is 0.888. The number of ketones is 1. The van der Waals surface area contributed by atoms with Gasteiger partial charge in [-0.3, -0.25) is 4.79 Å². The number of benzene rings is 1. The predicted octanol–water partition coefficient (Wildman–Crippen LogP) is 4.13. The summed E-state index contributed by atoms with van der Waals surface area (Å²) in [5.41, 5.74) is 2.07. The lowest BCUT2D eigenvalue weighted by Crippen LogP contribution is -2.24. The zero-order valence-electron chi connectivity index (χ0n) is 10.1. The van der Waals surface area contributed by atoms with Crippen molar-refractivity contribution in [3.05, 3.63) is 40.5 Å². The molecule has 0 bridgehead atoms. The van der Waals surface area contributed by atoms with E-state index < -0.39 is 0 Å². The topological polar surface area (TPSA) is 29.1 Å². The fraction of sp³-hybridized carbons (Fsp3) is 0.357. The second-order valence-corrected chi connectivity index (χ2v) is 6.20. The highest BCUT2D eigenvalue weighted by atomic mass is 79.9. The largest absolute Gasteiger partial charge is 0.359 e. The van der Waals surface area contributed by atoms with Gasteiger partial charge in [-0.2, -0.15) is 0 Å². The van der Waals surface area contributed by atoms with Gasteiger partial charge >= 0.3 is 0 Å². The zero-order chi connectivity index (χ0) is 12.5. The van der Waals surface area contributed by atoms with Crippen molar-refractivity contribution in [1.82, 2.24) is 0 Å². The molecular formula is C14H16BrNO. The van der Waals surface area contributed by atoms with Gasteiger partial charge in [-0.05, 0) is 30.0 Å². The lowest BCUT2D eigenvalue weighted by atomic mass is 9.79. The molecule has 3 heteroatoms. The Morgan fingerprint density at radius 3 is 2.71 bits per heavy atom. The van der Waals surface area contributed by atoms with Crippen LogP contribution in [0.4, 0.5) is 5.69 Å². The summed E-state index contributed by atoms with van der Waals surface area (Å²) in [6.45, 7) is 4.25. The average Bonchev–Trinajstić information content (AvgIpc) is 2.13. The van der Waals surface area contributed by atoms with E-state index in [0.717, 1.165) is 22.3 Å². The molecule has 0 aliphatic heterocycles. The molecule has 0 saturated heterocycles. The van der Waals surface area contributed by atoms with E-state index in [-0.39, 0.29) is 11.2 Å². The van der Waals surface area contributed by atoms with Crippen LogP contribution in [0.15, 0.2) is 40.5 Å². The third kappa shape index (κ3) is 3.43. The van der Waals surface area contributed by atoms with E-state index in [9.17, 15) is 4.79 Å². The molecular weight excluding hydrogens is 278 g/mol. The number of anilines is 1. The van der Waals surface area contributed by atoms with Gasteiger partial charge in [0.25, 0.3) is 0 Å². The third-order valence-electron chi connectivity index (χ3n) is 2.79. The highest BCUT2D eigenvalue weighted by Crippen LogP contribution is 2.34. The molecule has 1 aromatic rings. The molecule has 0 aromatic heterocycles. The Kier molecular flexibility index (Phi) is 3.38. The number of hydrogen-bond donors (Lipinski definition) is 1. The smallest absolute Gasteiger partial charge is 0.157 e. The molecule has 0 unspecified atom stereocenters. The maximum absolute atomic E-state index is 11.6. The summed E-state index contributed by atoms with van der Waals surface area (Å²) in [6.07, 6.45) is 3.27. The van der Waals surface area contributed by atoms with Crippen molar-refractivity contribution in [2.45, 2.75) is 26.7 Å². The Morgan fingerprint density at radius 1 is 1.29 bits per heavy atom. The molecule has 0 spiro atoms. The van der Waals surface area contributed by atoms with Crippen LogP contribution in [0.5, 0.6) is 0 Å². The second kappa shape index (κ2) is 4.65. The molecule has 0 heterocycles. The van der Waals surface area contributed by atoms with Crippen molar-refractivity contribution >= 4 is 27.4 Å². The van der Waals surface area contributed by atoms with Crippen molar-refractivity contribution in [3.8, 4) is 0 Å². The van der Waals surface area contributed by atoms with Gasteiger partial charge in [0.2, 0.25) is 0 Å². The molecule has 1 aliphatic carbocycles. The molecule has 2 rings (SSSR count). The standard InChI is InChI=1S/C14H16BrNO/c1-14(2)8-12(7-13(17)9-14)16-11-5-3-4-10(15)6-11/h3-7,16H,8-9H2,1-2H3. The third-order valence-corrected chi connectivity index (χ3v) is 3.28. The van der Waals surface area contributed by atoms with Crippen LogP contribution in [0.25, 0.3) is 0 Å². The number of halogens is 1. The van der Waals surface area contributed by atoms with E-state index in [1.54, 1.807) is 6.08 Å². The Bertz CT molecular complexity index is 477. The lowest BCUT2D eigenvalue weighted by Gasteiger charge is -2.29. The van der Waals surface area contributed by atoms with Gasteiger partial charge in [0.15, 0.2) is 5.78 Å². The van der Waals surface area contributed by atoms with Crippen LogP contribution in [-0.4, -0.2) is 5.78 Å². The van der Waals surface area contributed by atoms with Crippen molar-refractivity contribution in [1.29, 1.82) is 0 Å². The van der Waals surface area contributed by atoms with E-state index in [0.29, 0.717) is 6.42 Å².